The standard InChI is InChI=1S/C15H32N4.HI/c1-12-9-13(2)11-19(10-12)8-7-17-14(16-6)18-15(3,4)5;/h12-13H,7-11H2,1-6H3,(H2,16,17,18);1H. The van der Waals surface area contributed by atoms with Gasteiger partial charge in [-0.2, -0.15) is 0 Å². The first-order chi connectivity index (χ1) is 8.80. The normalized spacial score (nSPS) is 25.0. The van der Waals surface area contributed by atoms with Crippen molar-refractivity contribution < 1.29 is 0 Å². The third-order valence-electron chi connectivity index (χ3n) is 3.38. The molecule has 0 aliphatic carbocycles. The van der Waals surface area contributed by atoms with Crippen LogP contribution in [-0.2, 0) is 0 Å². The fourth-order valence-corrected chi connectivity index (χ4v) is 2.84. The number of hydrogen-bond acceptors (Lipinski definition) is 2. The Kier molecular flexibility index (Phi) is 9.06. The average molecular weight is 396 g/mol. The summed E-state index contributed by atoms with van der Waals surface area (Å²) in [7, 11) is 1.83. The van der Waals surface area contributed by atoms with Crippen molar-refractivity contribution in [3.63, 3.8) is 0 Å². The van der Waals surface area contributed by atoms with Crippen LogP contribution in [0.25, 0.3) is 0 Å². The molecule has 5 heteroatoms. The van der Waals surface area contributed by atoms with Gasteiger partial charge < -0.3 is 15.5 Å². The van der Waals surface area contributed by atoms with Crippen LogP contribution < -0.4 is 10.6 Å². The van der Waals surface area contributed by atoms with Crippen LogP contribution in [0.3, 0.4) is 0 Å². The second-order valence-electron chi connectivity index (χ2n) is 7.08. The summed E-state index contributed by atoms with van der Waals surface area (Å²) in [6.07, 6.45) is 1.37. The van der Waals surface area contributed by atoms with Crippen molar-refractivity contribution in [2.45, 2.75) is 46.6 Å². The third kappa shape index (κ3) is 8.29. The van der Waals surface area contributed by atoms with Gasteiger partial charge in [0.05, 0.1) is 0 Å². The average Bonchev–Trinajstić information content (AvgIpc) is 2.24. The lowest BCUT2D eigenvalue weighted by Gasteiger charge is -2.35. The quantitative estimate of drug-likeness (QED) is 0.438. The molecule has 0 aromatic heterocycles. The second kappa shape index (κ2) is 9.07. The Morgan fingerprint density at radius 1 is 1.20 bits per heavy atom. The summed E-state index contributed by atoms with van der Waals surface area (Å²) in [6, 6.07) is 0. The van der Waals surface area contributed by atoms with E-state index < -0.39 is 0 Å². The molecule has 1 aliphatic rings. The van der Waals surface area contributed by atoms with Gasteiger partial charge in [-0.3, -0.25) is 4.99 Å². The van der Waals surface area contributed by atoms with Crippen molar-refractivity contribution in [1.29, 1.82) is 0 Å². The lowest BCUT2D eigenvalue weighted by atomic mass is 9.92. The maximum Gasteiger partial charge on any atom is 0.191 e. The maximum absolute atomic E-state index is 4.26. The Morgan fingerprint density at radius 2 is 1.75 bits per heavy atom. The van der Waals surface area contributed by atoms with Gasteiger partial charge in [0.2, 0.25) is 0 Å². The van der Waals surface area contributed by atoms with Crippen molar-refractivity contribution in [3.8, 4) is 0 Å². The fraction of sp³-hybridized carbons (Fsp3) is 0.933. The number of halogens is 1. The first-order valence-electron chi connectivity index (χ1n) is 7.51. The summed E-state index contributed by atoms with van der Waals surface area (Å²) >= 11 is 0. The van der Waals surface area contributed by atoms with Gasteiger partial charge in [-0.05, 0) is 39.0 Å². The third-order valence-corrected chi connectivity index (χ3v) is 3.38. The zero-order chi connectivity index (χ0) is 14.5. The number of likely N-dealkylation sites (tertiary alicyclic amines) is 1. The first kappa shape index (κ1) is 20.0. The molecule has 20 heavy (non-hydrogen) atoms. The Labute approximate surface area is 142 Å². The van der Waals surface area contributed by atoms with Crippen LogP contribution in [0.4, 0.5) is 0 Å². The van der Waals surface area contributed by atoms with Crippen molar-refractivity contribution >= 4 is 29.9 Å². The summed E-state index contributed by atoms with van der Waals surface area (Å²) in [5, 5.41) is 6.78. The number of aliphatic imine (C=N–C) groups is 1. The summed E-state index contributed by atoms with van der Waals surface area (Å²) in [4.78, 5) is 6.83. The van der Waals surface area contributed by atoms with E-state index in [0.29, 0.717) is 0 Å². The SMILES string of the molecule is CN=C(NCCN1CC(C)CC(C)C1)NC(C)(C)C.I. The molecular weight excluding hydrogens is 363 g/mol. The molecule has 0 radical (unpaired) electrons. The van der Waals surface area contributed by atoms with Gasteiger partial charge in [-0.25, -0.2) is 0 Å². The van der Waals surface area contributed by atoms with Crippen LogP contribution in [0.1, 0.15) is 41.0 Å². The zero-order valence-electron chi connectivity index (χ0n) is 14.0. The van der Waals surface area contributed by atoms with E-state index in [1.165, 1.54) is 19.5 Å². The highest BCUT2D eigenvalue weighted by Gasteiger charge is 2.21. The molecule has 0 aromatic carbocycles. The molecule has 0 aromatic rings. The van der Waals surface area contributed by atoms with Crippen LogP contribution in [-0.4, -0.2) is 49.6 Å². The number of guanidine groups is 1. The van der Waals surface area contributed by atoms with E-state index in [4.69, 9.17) is 0 Å². The molecular formula is C15H33IN4. The molecule has 0 spiro atoms. The highest BCUT2D eigenvalue weighted by atomic mass is 127. The highest BCUT2D eigenvalue weighted by Crippen LogP contribution is 2.20. The number of rotatable bonds is 3. The van der Waals surface area contributed by atoms with Crippen molar-refractivity contribution in [1.82, 2.24) is 15.5 Å². The van der Waals surface area contributed by atoms with Gasteiger partial charge in [0.25, 0.3) is 0 Å². The fourth-order valence-electron chi connectivity index (χ4n) is 2.84. The zero-order valence-corrected chi connectivity index (χ0v) is 16.3. The molecule has 1 rings (SSSR count). The van der Waals surface area contributed by atoms with Crippen LogP contribution >= 0.6 is 24.0 Å². The lowest BCUT2D eigenvalue weighted by molar-refractivity contribution is 0.143. The van der Waals surface area contributed by atoms with Crippen LogP contribution in [0.2, 0.25) is 0 Å². The van der Waals surface area contributed by atoms with E-state index in [9.17, 15) is 0 Å². The molecule has 1 heterocycles. The largest absolute Gasteiger partial charge is 0.355 e. The van der Waals surface area contributed by atoms with E-state index in [2.05, 4.69) is 55.1 Å². The monoisotopic (exact) mass is 396 g/mol. The molecule has 2 atom stereocenters. The lowest BCUT2D eigenvalue weighted by Crippen LogP contribution is -2.50. The predicted octanol–water partition coefficient (Wildman–Crippen LogP) is 2.55. The number of hydrogen-bond donors (Lipinski definition) is 2. The molecule has 2 unspecified atom stereocenters. The second-order valence-corrected chi connectivity index (χ2v) is 7.08. The Balaban J connectivity index is 0.00000361. The van der Waals surface area contributed by atoms with E-state index in [-0.39, 0.29) is 29.5 Å². The maximum atomic E-state index is 4.26. The van der Waals surface area contributed by atoms with Crippen molar-refractivity contribution in [2.24, 2.45) is 16.8 Å². The number of nitrogens with one attached hydrogen (secondary N) is 2. The Bertz CT molecular complexity index is 289. The van der Waals surface area contributed by atoms with E-state index in [0.717, 1.165) is 30.9 Å². The molecule has 1 saturated heterocycles. The Hall–Kier alpha value is -0.0400. The number of nitrogens with zero attached hydrogens (tertiary/aromatic N) is 2. The minimum Gasteiger partial charge on any atom is -0.355 e. The molecule has 2 N–H and O–H groups in total. The van der Waals surface area contributed by atoms with Crippen LogP contribution in [0, 0.1) is 11.8 Å². The molecule has 1 aliphatic heterocycles. The van der Waals surface area contributed by atoms with E-state index in [1.807, 2.05) is 7.05 Å². The van der Waals surface area contributed by atoms with Crippen molar-refractivity contribution in [2.75, 3.05) is 33.2 Å². The Morgan fingerprint density at radius 3 is 2.20 bits per heavy atom. The van der Waals surface area contributed by atoms with Crippen LogP contribution in [0.5, 0.6) is 0 Å². The topological polar surface area (TPSA) is 39.7 Å². The molecule has 1 fully saturated rings. The number of piperidine rings is 1. The summed E-state index contributed by atoms with van der Waals surface area (Å²) in [6.45, 7) is 15.7. The van der Waals surface area contributed by atoms with Gasteiger partial charge in [0.15, 0.2) is 5.96 Å². The first-order valence-corrected chi connectivity index (χ1v) is 7.51. The van der Waals surface area contributed by atoms with Crippen molar-refractivity contribution in [3.05, 3.63) is 0 Å². The van der Waals surface area contributed by atoms with Gasteiger partial charge in [-0.15, -0.1) is 24.0 Å². The summed E-state index contributed by atoms with van der Waals surface area (Å²) in [5.74, 6) is 2.55. The smallest absolute Gasteiger partial charge is 0.191 e. The summed E-state index contributed by atoms with van der Waals surface area (Å²) in [5.41, 5.74) is 0.0516. The molecule has 120 valence electrons. The van der Waals surface area contributed by atoms with Gasteiger partial charge in [0, 0.05) is 38.8 Å². The van der Waals surface area contributed by atoms with E-state index >= 15 is 0 Å². The van der Waals surface area contributed by atoms with E-state index in [1.54, 1.807) is 0 Å². The van der Waals surface area contributed by atoms with Gasteiger partial charge in [-0.1, -0.05) is 13.8 Å². The predicted molar refractivity (Wildman–Crippen MR) is 99.1 cm³/mol. The molecule has 0 amide bonds. The van der Waals surface area contributed by atoms with Crippen LogP contribution in [0.15, 0.2) is 4.99 Å². The molecule has 4 nitrogen and oxygen atoms in total. The highest BCUT2D eigenvalue weighted by molar-refractivity contribution is 14.0. The minimum atomic E-state index is 0. The summed E-state index contributed by atoms with van der Waals surface area (Å²) < 4.78 is 0. The van der Waals surface area contributed by atoms with Gasteiger partial charge in [0.1, 0.15) is 0 Å². The molecule has 0 saturated carbocycles. The minimum absolute atomic E-state index is 0. The van der Waals surface area contributed by atoms with Gasteiger partial charge >= 0.3 is 0 Å². The molecule has 0 bridgehead atoms.